The largest absolute Gasteiger partial charge is 0.481 e. The molecule has 0 amide bonds. The molecular weight excluding hydrogens is 773 g/mol. The molecule has 6 aliphatic heterocycles. The smallest absolute Gasteiger partial charge is 0.310 e. The molecule has 6 saturated heterocycles. The van der Waals surface area contributed by atoms with Gasteiger partial charge in [-0.15, -0.1) is 0 Å². The molecule has 342 valence electrons. The second kappa shape index (κ2) is 18.4. The minimum atomic E-state index is -1.32. The fraction of sp³-hybridized carbons (Fsp3) is 0.872. The Hall–Kier alpha value is -1.78. The molecule has 0 radical (unpaired) electrons. The van der Waals surface area contributed by atoms with Crippen LogP contribution in [0.25, 0.3) is 0 Å². The van der Waals surface area contributed by atoms with Crippen molar-refractivity contribution in [2.75, 3.05) is 13.7 Å². The van der Waals surface area contributed by atoms with Crippen molar-refractivity contribution in [3.63, 3.8) is 0 Å². The predicted octanol–water partition coefficient (Wildman–Crippen LogP) is 7.10. The van der Waals surface area contributed by atoms with E-state index >= 15 is 0 Å². The lowest BCUT2D eigenvalue weighted by Crippen LogP contribution is -2.59. The number of aliphatic carboxylic acids is 1. The maximum Gasteiger partial charge on any atom is 0.310 e. The van der Waals surface area contributed by atoms with Crippen molar-refractivity contribution in [2.45, 2.75) is 206 Å². The number of aliphatic hydroxyl groups is 2. The highest BCUT2D eigenvalue weighted by atomic mass is 16.8. The summed E-state index contributed by atoms with van der Waals surface area (Å²) in [5, 5.41) is 32.2. The molecule has 13 nitrogen and oxygen atoms in total. The summed E-state index contributed by atoms with van der Waals surface area (Å²) < 4.78 is 53.0. The second-order valence-corrected chi connectivity index (χ2v) is 20.1. The van der Waals surface area contributed by atoms with Crippen LogP contribution in [0.2, 0.25) is 0 Å². The van der Waals surface area contributed by atoms with Gasteiger partial charge in [-0.05, 0) is 91.2 Å². The van der Waals surface area contributed by atoms with Gasteiger partial charge < -0.3 is 53.2 Å². The Balaban J connectivity index is 1.14. The molecule has 0 aromatic rings. The molecule has 6 rings (SSSR count). The number of carboxylic acid groups (broad SMARTS) is 1. The lowest BCUT2D eigenvalue weighted by Gasteiger charge is -2.51. The minimum Gasteiger partial charge on any atom is -0.481 e. The minimum absolute atomic E-state index is 0.0256. The zero-order valence-corrected chi connectivity index (χ0v) is 38.3. The van der Waals surface area contributed by atoms with E-state index in [-0.39, 0.29) is 72.0 Å². The number of carbonyl (C=O) groups is 2. The average molecular weight is 849 g/mol. The number of Topliss-reactive ketones (excluding diaryl/α,β-unsaturated/α-hetero) is 1. The van der Waals surface area contributed by atoms with Crippen molar-refractivity contribution in [3.05, 3.63) is 23.3 Å². The van der Waals surface area contributed by atoms with Crippen LogP contribution in [-0.4, -0.2) is 113 Å². The monoisotopic (exact) mass is 849 g/mol. The van der Waals surface area contributed by atoms with E-state index in [2.05, 4.69) is 20.8 Å². The van der Waals surface area contributed by atoms with Crippen molar-refractivity contribution < 1.29 is 62.8 Å². The van der Waals surface area contributed by atoms with Gasteiger partial charge in [0.2, 0.25) is 0 Å². The summed E-state index contributed by atoms with van der Waals surface area (Å²) in [5.41, 5.74) is 0.158. The molecule has 60 heavy (non-hydrogen) atoms. The van der Waals surface area contributed by atoms with E-state index in [4.69, 9.17) is 37.9 Å². The lowest BCUT2D eigenvalue weighted by atomic mass is 9.78. The Labute approximate surface area is 358 Å². The normalized spacial score (nSPS) is 47.7. The summed E-state index contributed by atoms with van der Waals surface area (Å²) in [4.78, 5) is 24.6. The van der Waals surface area contributed by atoms with E-state index in [9.17, 15) is 24.9 Å². The highest BCUT2D eigenvalue weighted by molar-refractivity contribution is 6.07. The van der Waals surface area contributed by atoms with Crippen LogP contribution in [0.5, 0.6) is 0 Å². The topological polar surface area (TPSA) is 169 Å². The summed E-state index contributed by atoms with van der Waals surface area (Å²) in [6.07, 6.45) is 7.09. The third-order valence-corrected chi connectivity index (χ3v) is 15.4. The zero-order chi connectivity index (χ0) is 44.1. The van der Waals surface area contributed by atoms with Gasteiger partial charge in [-0.3, -0.25) is 9.59 Å². The van der Waals surface area contributed by atoms with E-state index in [1.165, 1.54) is 6.08 Å². The van der Waals surface area contributed by atoms with Crippen molar-refractivity contribution >= 4 is 11.8 Å². The molecule has 0 aliphatic carbocycles. The van der Waals surface area contributed by atoms with E-state index in [0.717, 1.165) is 25.7 Å². The van der Waals surface area contributed by atoms with E-state index in [0.29, 0.717) is 49.9 Å². The van der Waals surface area contributed by atoms with Gasteiger partial charge >= 0.3 is 5.97 Å². The first-order chi connectivity index (χ1) is 28.0. The molecule has 19 unspecified atom stereocenters. The third kappa shape index (κ3) is 9.66. The van der Waals surface area contributed by atoms with Gasteiger partial charge in [0.1, 0.15) is 0 Å². The zero-order valence-electron chi connectivity index (χ0n) is 38.3. The number of carboxylic acids is 1. The molecule has 0 saturated carbocycles. The molecule has 0 bridgehead atoms. The predicted molar refractivity (Wildman–Crippen MR) is 222 cm³/mol. The lowest BCUT2D eigenvalue weighted by molar-refractivity contribution is -0.372. The maximum atomic E-state index is 13.2. The van der Waals surface area contributed by atoms with Crippen LogP contribution in [0.15, 0.2) is 23.3 Å². The van der Waals surface area contributed by atoms with E-state index in [1.54, 1.807) is 34.8 Å². The molecule has 6 aliphatic rings. The molecule has 0 aromatic heterocycles. The number of ketones is 1. The number of hydrogen-bond donors (Lipinski definition) is 3. The Morgan fingerprint density at radius 3 is 2.23 bits per heavy atom. The molecule has 2 spiro atoms. The van der Waals surface area contributed by atoms with Gasteiger partial charge in [0, 0.05) is 61.9 Å². The Bertz CT molecular complexity index is 1600. The fourth-order valence-electron chi connectivity index (χ4n) is 11.3. The second-order valence-electron chi connectivity index (χ2n) is 20.1. The van der Waals surface area contributed by atoms with Crippen LogP contribution in [0.3, 0.4) is 0 Å². The van der Waals surface area contributed by atoms with Crippen LogP contribution in [-0.2, 0) is 47.5 Å². The summed E-state index contributed by atoms with van der Waals surface area (Å²) in [6.45, 7) is 21.5. The number of methoxy groups -OCH3 is 1. The quantitative estimate of drug-likeness (QED) is 0.170. The number of aliphatic hydroxyl groups excluding tert-OH is 1. The number of rotatable bonds is 12. The van der Waals surface area contributed by atoms with Crippen LogP contribution in [0, 0.1) is 41.4 Å². The maximum absolute atomic E-state index is 13.2. The van der Waals surface area contributed by atoms with E-state index < -0.39 is 53.2 Å². The molecule has 6 fully saturated rings. The molecule has 19 atom stereocenters. The van der Waals surface area contributed by atoms with Crippen LogP contribution in [0.1, 0.15) is 134 Å². The third-order valence-electron chi connectivity index (χ3n) is 15.4. The van der Waals surface area contributed by atoms with Crippen molar-refractivity contribution in [1.82, 2.24) is 0 Å². The van der Waals surface area contributed by atoms with Gasteiger partial charge in [0.15, 0.2) is 29.4 Å². The molecular formula is C47H76O13. The van der Waals surface area contributed by atoms with E-state index in [1.807, 2.05) is 33.8 Å². The van der Waals surface area contributed by atoms with Crippen LogP contribution >= 0.6 is 0 Å². The highest BCUT2D eigenvalue weighted by Gasteiger charge is 2.63. The van der Waals surface area contributed by atoms with Gasteiger partial charge in [-0.1, -0.05) is 46.8 Å². The van der Waals surface area contributed by atoms with Gasteiger partial charge in [-0.25, -0.2) is 0 Å². The molecule has 6 heterocycles. The number of hydrogen-bond acceptors (Lipinski definition) is 12. The number of allylic oxidation sites excluding steroid dienone is 2. The first kappa shape index (κ1) is 47.7. The van der Waals surface area contributed by atoms with Gasteiger partial charge in [0.25, 0.3) is 0 Å². The summed E-state index contributed by atoms with van der Waals surface area (Å²) in [5.74, 6) is -5.67. The van der Waals surface area contributed by atoms with Crippen molar-refractivity contribution in [2.24, 2.45) is 41.4 Å². The summed E-state index contributed by atoms with van der Waals surface area (Å²) in [6, 6.07) is 0. The standard InChI is InChI=1S/C47H76O13/c1-25(40(49)26(2)20-28(4)43(50)51)19-27(3)41-32(8)35(48)23-46(59-41)18-17-44(10,60-46)38-15-13-29(5)47(57-38)31(7)22-37(56-47)42-34(21-30(6)45(11,52)58-42)24-54-39-16-14-36(53-12)33(9)55-39/h19-20,27-39,41-42,48,52H,13-18,21-24H2,1-12H3,(H,50,51). The Morgan fingerprint density at radius 2 is 1.57 bits per heavy atom. The van der Waals surface area contributed by atoms with Crippen LogP contribution in [0.4, 0.5) is 0 Å². The van der Waals surface area contributed by atoms with Gasteiger partial charge in [-0.2, -0.15) is 0 Å². The number of ether oxygens (including phenoxy) is 8. The first-order valence-electron chi connectivity index (χ1n) is 22.8. The molecule has 13 heteroatoms. The molecule has 0 aromatic carbocycles. The van der Waals surface area contributed by atoms with Crippen molar-refractivity contribution in [1.29, 1.82) is 0 Å². The SMILES string of the molecule is COC1CCC(OCC2CC(C)C(C)(O)OC2C2CC(C)C3(O2)OC(C2(C)CCC4(CC(O)C(C)C(C(C)C=C(C)C(=O)C(C)=CC(C)C(=O)O)O4)O2)CCC3C)OC1C. The Kier molecular flexibility index (Phi) is 14.6. The number of carbonyl (C=O) groups excluding carboxylic acids is 1. The average Bonchev–Trinajstić information content (AvgIpc) is 3.69. The van der Waals surface area contributed by atoms with Crippen LogP contribution < -0.4 is 0 Å². The molecule has 3 N–H and O–H groups in total. The Morgan fingerprint density at radius 1 is 0.867 bits per heavy atom. The summed E-state index contributed by atoms with van der Waals surface area (Å²) >= 11 is 0. The first-order valence-corrected chi connectivity index (χ1v) is 22.8. The van der Waals surface area contributed by atoms with Crippen molar-refractivity contribution in [3.8, 4) is 0 Å². The van der Waals surface area contributed by atoms with Gasteiger partial charge in [0.05, 0.1) is 60.9 Å². The fourth-order valence-corrected chi connectivity index (χ4v) is 11.3. The highest BCUT2D eigenvalue weighted by Crippen LogP contribution is 2.56. The summed E-state index contributed by atoms with van der Waals surface area (Å²) in [7, 11) is 1.71.